The average molecular weight is 438 g/mol. The van der Waals surface area contributed by atoms with Gasteiger partial charge in [0.15, 0.2) is 28.3 Å². The fraction of sp³-hybridized carbons (Fsp3) is 0.211. The van der Waals surface area contributed by atoms with Crippen molar-refractivity contribution in [1.82, 2.24) is 4.98 Å². The van der Waals surface area contributed by atoms with E-state index in [2.05, 4.69) is 9.71 Å². The summed E-state index contributed by atoms with van der Waals surface area (Å²) in [6.45, 7) is 0.959. The molecule has 0 saturated carbocycles. The zero-order valence-corrected chi connectivity index (χ0v) is 16.7. The lowest BCUT2D eigenvalue weighted by atomic mass is 10.1. The van der Waals surface area contributed by atoms with Crippen molar-refractivity contribution in [3.63, 3.8) is 0 Å². The number of sulfonamides is 1. The molecule has 4 rings (SSSR count). The first kappa shape index (κ1) is 19.6. The highest BCUT2D eigenvalue weighted by Gasteiger charge is 2.20. The molecule has 2 heterocycles. The van der Waals surface area contributed by atoms with E-state index in [0.29, 0.717) is 41.6 Å². The highest BCUT2D eigenvalue weighted by atomic mass is 32.2. The summed E-state index contributed by atoms with van der Waals surface area (Å²) in [5.74, 6) is -0.961. The Labute approximate surface area is 170 Å². The number of hydrogen-bond donors (Lipinski definition) is 1. The Kier molecular flexibility index (Phi) is 5.37. The van der Waals surface area contributed by atoms with Crippen LogP contribution in [0.1, 0.15) is 16.9 Å². The molecule has 0 aliphatic carbocycles. The van der Waals surface area contributed by atoms with Gasteiger partial charge < -0.3 is 9.47 Å². The van der Waals surface area contributed by atoms with Crippen molar-refractivity contribution in [2.24, 2.45) is 0 Å². The molecule has 0 radical (unpaired) electrons. The SMILES string of the molecule is O=S(=O)(Nc1ncc(Cc2ccc(F)c(F)c2)s1)c1ccc2c(c1)OCCCO2. The van der Waals surface area contributed by atoms with Gasteiger partial charge >= 0.3 is 0 Å². The molecule has 10 heteroatoms. The van der Waals surface area contributed by atoms with Crippen LogP contribution in [0, 0.1) is 11.6 Å². The minimum atomic E-state index is -3.88. The number of nitrogens with zero attached hydrogens (tertiary/aromatic N) is 1. The number of aromatic nitrogens is 1. The number of nitrogens with one attached hydrogen (secondary N) is 1. The second kappa shape index (κ2) is 7.96. The first-order valence-corrected chi connectivity index (χ1v) is 11.0. The van der Waals surface area contributed by atoms with Crippen molar-refractivity contribution in [2.75, 3.05) is 17.9 Å². The lowest BCUT2D eigenvalue weighted by Gasteiger charge is -2.10. The van der Waals surface area contributed by atoms with Crippen molar-refractivity contribution in [1.29, 1.82) is 0 Å². The molecular formula is C19H16F2N2O4S2. The number of rotatable bonds is 5. The Bertz CT molecular complexity index is 1150. The van der Waals surface area contributed by atoms with E-state index in [1.807, 2.05) is 0 Å². The maximum Gasteiger partial charge on any atom is 0.263 e. The zero-order valence-electron chi connectivity index (χ0n) is 15.0. The summed E-state index contributed by atoms with van der Waals surface area (Å²) in [7, 11) is -3.88. The Morgan fingerprint density at radius 2 is 1.83 bits per heavy atom. The van der Waals surface area contributed by atoms with E-state index in [0.717, 1.165) is 29.9 Å². The summed E-state index contributed by atoms with van der Waals surface area (Å²) in [5, 5.41) is 0.176. The van der Waals surface area contributed by atoms with Gasteiger partial charge in [0.25, 0.3) is 10.0 Å². The number of ether oxygens (including phenoxy) is 2. The third kappa shape index (κ3) is 4.48. The van der Waals surface area contributed by atoms with Gasteiger partial charge in [-0.2, -0.15) is 0 Å². The minimum absolute atomic E-state index is 0.0269. The second-order valence-corrected chi connectivity index (χ2v) is 9.12. The van der Waals surface area contributed by atoms with Crippen LogP contribution < -0.4 is 14.2 Å². The van der Waals surface area contributed by atoms with Gasteiger partial charge in [-0.3, -0.25) is 4.72 Å². The van der Waals surface area contributed by atoms with Crippen molar-refractivity contribution in [3.8, 4) is 11.5 Å². The molecule has 0 spiro atoms. The summed E-state index contributed by atoms with van der Waals surface area (Å²) >= 11 is 1.12. The third-order valence-corrected chi connectivity index (χ3v) is 6.55. The number of fused-ring (bicyclic) bond motifs is 1. The number of hydrogen-bond acceptors (Lipinski definition) is 6. The summed E-state index contributed by atoms with van der Waals surface area (Å²) < 4.78 is 65.2. The molecule has 0 saturated heterocycles. The van der Waals surface area contributed by atoms with Crippen LogP contribution in [0.4, 0.5) is 13.9 Å². The summed E-state index contributed by atoms with van der Waals surface area (Å²) in [5.41, 5.74) is 0.560. The Balaban J connectivity index is 1.50. The van der Waals surface area contributed by atoms with Crippen LogP contribution in [0.5, 0.6) is 11.5 Å². The van der Waals surface area contributed by atoms with Crippen molar-refractivity contribution >= 4 is 26.5 Å². The summed E-state index contributed by atoms with van der Waals surface area (Å²) in [4.78, 5) is 4.80. The van der Waals surface area contributed by atoms with E-state index in [9.17, 15) is 17.2 Å². The molecule has 1 aliphatic heterocycles. The molecule has 0 atom stereocenters. The molecule has 0 unspecified atom stereocenters. The Hall–Kier alpha value is -2.72. The summed E-state index contributed by atoms with van der Waals surface area (Å²) in [6, 6.07) is 8.05. The molecule has 2 aromatic carbocycles. The standard InChI is InChI=1S/C19H16F2N2O4S2/c20-15-4-2-12(9-16(15)21)8-13-11-22-19(28-13)23-29(24,25)14-3-5-17-18(10-14)27-7-1-6-26-17/h2-5,9-11H,1,6-8H2,(H,22,23). The normalized spacial score (nSPS) is 13.7. The number of benzene rings is 2. The topological polar surface area (TPSA) is 77.5 Å². The first-order chi connectivity index (χ1) is 13.9. The van der Waals surface area contributed by atoms with E-state index < -0.39 is 21.7 Å². The van der Waals surface area contributed by atoms with Crippen molar-refractivity contribution < 1.29 is 26.7 Å². The number of halogens is 2. The Morgan fingerprint density at radius 1 is 1.03 bits per heavy atom. The molecule has 1 aromatic heterocycles. The van der Waals surface area contributed by atoms with E-state index in [4.69, 9.17) is 9.47 Å². The van der Waals surface area contributed by atoms with Crippen LogP contribution in [0.25, 0.3) is 0 Å². The average Bonchev–Trinajstić information content (AvgIpc) is 2.97. The number of anilines is 1. The van der Waals surface area contributed by atoms with Crippen LogP contribution in [0.2, 0.25) is 0 Å². The quantitative estimate of drug-likeness (QED) is 0.652. The van der Waals surface area contributed by atoms with Crippen LogP contribution >= 0.6 is 11.3 Å². The third-order valence-electron chi connectivity index (χ3n) is 4.17. The van der Waals surface area contributed by atoms with E-state index in [1.54, 1.807) is 6.07 Å². The van der Waals surface area contributed by atoms with Crippen LogP contribution in [0.3, 0.4) is 0 Å². The van der Waals surface area contributed by atoms with Gasteiger partial charge in [-0.05, 0) is 29.8 Å². The van der Waals surface area contributed by atoms with E-state index in [-0.39, 0.29) is 10.0 Å². The van der Waals surface area contributed by atoms with Gasteiger partial charge in [0.05, 0.1) is 18.1 Å². The van der Waals surface area contributed by atoms with Crippen LogP contribution in [0.15, 0.2) is 47.5 Å². The molecular weight excluding hydrogens is 422 g/mol. The maximum absolute atomic E-state index is 13.3. The smallest absolute Gasteiger partial charge is 0.263 e. The predicted molar refractivity (Wildman–Crippen MR) is 104 cm³/mol. The largest absolute Gasteiger partial charge is 0.490 e. The van der Waals surface area contributed by atoms with Gasteiger partial charge in [0, 0.05) is 30.0 Å². The first-order valence-electron chi connectivity index (χ1n) is 8.72. The molecule has 0 amide bonds. The van der Waals surface area contributed by atoms with Gasteiger partial charge in [-0.1, -0.05) is 6.07 Å². The molecule has 0 fully saturated rings. The lowest BCUT2D eigenvalue weighted by molar-refractivity contribution is 0.297. The van der Waals surface area contributed by atoms with Crippen molar-refractivity contribution in [2.45, 2.75) is 17.7 Å². The van der Waals surface area contributed by atoms with Gasteiger partial charge in [0.1, 0.15) is 0 Å². The van der Waals surface area contributed by atoms with E-state index >= 15 is 0 Å². The zero-order chi connectivity index (χ0) is 20.4. The van der Waals surface area contributed by atoms with Crippen LogP contribution in [-0.2, 0) is 16.4 Å². The molecule has 29 heavy (non-hydrogen) atoms. The van der Waals surface area contributed by atoms with Gasteiger partial charge in [0.2, 0.25) is 0 Å². The van der Waals surface area contributed by atoms with Crippen molar-refractivity contribution in [3.05, 3.63) is 64.7 Å². The number of thiazole rings is 1. The monoisotopic (exact) mass is 438 g/mol. The maximum atomic E-state index is 13.3. The fourth-order valence-electron chi connectivity index (χ4n) is 2.77. The summed E-state index contributed by atoms with van der Waals surface area (Å²) in [6.07, 6.45) is 2.52. The van der Waals surface area contributed by atoms with E-state index in [1.165, 1.54) is 24.4 Å². The molecule has 1 N–H and O–H groups in total. The Morgan fingerprint density at radius 3 is 2.62 bits per heavy atom. The highest BCUT2D eigenvalue weighted by Crippen LogP contribution is 2.33. The molecule has 0 bridgehead atoms. The van der Waals surface area contributed by atoms with Gasteiger partial charge in [-0.15, -0.1) is 11.3 Å². The molecule has 152 valence electrons. The molecule has 6 nitrogen and oxygen atoms in total. The molecule has 3 aromatic rings. The molecule has 1 aliphatic rings. The van der Waals surface area contributed by atoms with Crippen LogP contribution in [-0.4, -0.2) is 26.6 Å². The second-order valence-electron chi connectivity index (χ2n) is 6.32. The minimum Gasteiger partial charge on any atom is -0.490 e. The van der Waals surface area contributed by atoms with Gasteiger partial charge in [-0.25, -0.2) is 22.2 Å². The highest BCUT2D eigenvalue weighted by molar-refractivity contribution is 7.93. The fourth-order valence-corrected chi connectivity index (χ4v) is 4.88. The lowest BCUT2D eigenvalue weighted by Crippen LogP contribution is -2.12. The predicted octanol–water partition coefficient (Wildman–Crippen LogP) is 3.97.